The van der Waals surface area contributed by atoms with E-state index in [0.717, 1.165) is 13.0 Å². The van der Waals surface area contributed by atoms with Gasteiger partial charge >= 0.3 is 13.9 Å². The first-order valence-corrected chi connectivity index (χ1v) is 5.39. The zero-order valence-electron chi connectivity index (χ0n) is 4.76. The fourth-order valence-electron chi connectivity index (χ4n) is 0.617. The molecule has 1 atom stereocenters. The Kier molecular flexibility index (Phi) is 2.61. The summed E-state index contributed by atoms with van der Waals surface area (Å²) < 4.78 is 10.2. The topological polar surface area (TPSA) is 18.5 Å². The minimum atomic E-state index is -1.68. The van der Waals surface area contributed by atoms with Gasteiger partial charge in [-0.1, -0.05) is 0 Å². The van der Waals surface area contributed by atoms with Gasteiger partial charge in [0.05, 0.1) is 0 Å². The first-order chi connectivity index (χ1) is 3.79. The summed E-state index contributed by atoms with van der Waals surface area (Å²) in [5.74, 6) is 0. The third-order valence-electron chi connectivity index (χ3n) is 1.11. The maximum atomic E-state index is 5.61. The van der Waals surface area contributed by atoms with Gasteiger partial charge in [-0.3, -0.25) is 0 Å². The molecule has 1 unspecified atom stereocenters. The molecular formula is C4H8AlClO2. The molecule has 4 heteroatoms. The third-order valence-corrected chi connectivity index (χ3v) is 2.98. The predicted molar refractivity (Wildman–Crippen MR) is 32.7 cm³/mol. The van der Waals surface area contributed by atoms with Crippen molar-refractivity contribution in [3.63, 3.8) is 0 Å². The smallest absolute Gasteiger partial charge is 0.466 e. The van der Waals surface area contributed by atoms with E-state index in [-0.39, 0.29) is 0 Å². The molecule has 1 saturated heterocycles. The minimum Gasteiger partial charge on any atom is -0.466 e. The van der Waals surface area contributed by atoms with Gasteiger partial charge in [0.25, 0.3) is 0 Å². The van der Waals surface area contributed by atoms with Crippen LogP contribution in [0.1, 0.15) is 13.3 Å². The van der Waals surface area contributed by atoms with E-state index in [1.54, 1.807) is 0 Å². The van der Waals surface area contributed by atoms with Crippen LogP contribution in [-0.4, -0.2) is 26.6 Å². The fourth-order valence-corrected chi connectivity index (χ4v) is 2.31. The van der Waals surface area contributed by atoms with Gasteiger partial charge in [0.15, 0.2) is 0 Å². The Morgan fingerprint density at radius 3 is 2.88 bits per heavy atom. The van der Waals surface area contributed by atoms with Gasteiger partial charge in [0.1, 0.15) is 0 Å². The summed E-state index contributed by atoms with van der Waals surface area (Å²) >= 11 is -1.68. The van der Waals surface area contributed by atoms with Gasteiger partial charge in [-0.05, 0) is 13.3 Å². The van der Waals surface area contributed by atoms with E-state index in [4.69, 9.17) is 17.6 Å². The minimum absolute atomic E-state index is 0.318. The van der Waals surface area contributed by atoms with Crippen LogP contribution in [0.5, 0.6) is 0 Å². The Hall–Kier alpha value is 0.742. The molecule has 0 aromatic rings. The first kappa shape index (κ1) is 6.86. The highest BCUT2D eigenvalue weighted by atomic mass is 35.6. The van der Waals surface area contributed by atoms with Crippen molar-refractivity contribution in [2.45, 2.75) is 19.4 Å². The normalized spacial score (nSPS) is 30.8. The van der Waals surface area contributed by atoms with Crippen LogP contribution in [-0.2, 0) is 7.58 Å². The molecule has 8 heavy (non-hydrogen) atoms. The van der Waals surface area contributed by atoms with Crippen LogP contribution in [0.2, 0.25) is 0 Å². The van der Waals surface area contributed by atoms with E-state index in [9.17, 15) is 0 Å². The zero-order chi connectivity index (χ0) is 5.98. The van der Waals surface area contributed by atoms with E-state index >= 15 is 0 Å². The second kappa shape index (κ2) is 3.05. The summed E-state index contributed by atoms with van der Waals surface area (Å²) in [5, 5.41) is 0. The van der Waals surface area contributed by atoms with Gasteiger partial charge in [0.2, 0.25) is 0 Å². The molecule has 46 valence electrons. The van der Waals surface area contributed by atoms with Crippen molar-refractivity contribution in [1.82, 2.24) is 0 Å². The third kappa shape index (κ3) is 1.93. The van der Waals surface area contributed by atoms with E-state index in [1.165, 1.54) is 0 Å². The molecule has 0 spiro atoms. The van der Waals surface area contributed by atoms with Crippen LogP contribution in [0, 0.1) is 0 Å². The number of hydrogen-bond acceptors (Lipinski definition) is 2. The van der Waals surface area contributed by atoms with Crippen molar-refractivity contribution < 1.29 is 7.58 Å². The fraction of sp³-hybridized carbons (Fsp3) is 1.00. The molecule has 0 amide bonds. The molecule has 0 aliphatic carbocycles. The largest absolute Gasteiger partial charge is 0.813 e. The average Bonchev–Trinajstić information content (AvgIpc) is 1.64. The molecule has 2 nitrogen and oxygen atoms in total. The van der Waals surface area contributed by atoms with Crippen molar-refractivity contribution in [2.24, 2.45) is 0 Å². The van der Waals surface area contributed by atoms with Crippen molar-refractivity contribution >= 4 is 23.9 Å². The Morgan fingerprint density at radius 2 is 2.50 bits per heavy atom. The van der Waals surface area contributed by atoms with E-state index in [2.05, 4.69) is 0 Å². The Balaban J connectivity index is 2.23. The number of rotatable bonds is 0. The lowest BCUT2D eigenvalue weighted by Crippen LogP contribution is -2.30. The molecule has 0 saturated carbocycles. The summed E-state index contributed by atoms with van der Waals surface area (Å²) in [5.41, 5.74) is 0. The monoisotopic (exact) mass is 150 g/mol. The highest BCUT2D eigenvalue weighted by Crippen LogP contribution is 2.10. The molecular weight excluding hydrogens is 142 g/mol. The van der Waals surface area contributed by atoms with Crippen molar-refractivity contribution in [1.29, 1.82) is 0 Å². The second-order valence-electron chi connectivity index (χ2n) is 1.88. The van der Waals surface area contributed by atoms with Crippen molar-refractivity contribution in [3.8, 4) is 0 Å². The van der Waals surface area contributed by atoms with Gasteiger partial charge in [-0.25, -0.2) is 0 Å². The molecule has 0 aromatic carbocycles. The highest BCUT2D eigenvalue weighted by molar-refractivity contribution is 6.99. The van der Waals surface area contributed by atoms with Crippen LogP contribution in [0.25, 0.3) is 0 Å². The van der Waals surface area contributed by atoms with E-state index in [0.29, 0.717) is 6.10 Å². The molecule has 1 heterocycles. The zero-order valence-corrected chi connectivity index (χ0v) is 6.67. The second-order valence-corrected chi connectivity index (χ2v) is 4.10. The molecule has 0 bridgehead atoms. The van der Waals surface area contributed by atoms with E-state index in [1.807, 2.05) is 6.92 Å². The SMILES string of the molecule is CC1CC[O][Al]([Cl])[O]1. The van der Waals surface area contributed by atoms with Crippen LogP contribution in [0.4, 0.5) is 0 Å². The van der Waals surface area contributed by atoms with Crippen LogP contribution in [0.15, 0.2) is 0 Å². The van der Waals surface area contributed by atoms with Crippen LogP contribution < -0.4 is 0 Å². The van der Waals surface area contributed by atoms with Crippen molar-refractivity contribution in [2.75, 3.05) is 6.61 Å². The van der Waals surface area contributed by atoms with Crippen molar-refractivity contribution in [3.05, 3.63) is 0 Å². The van der Waals surface area contributed by atoms with Gasteiger partial charge in [0, 0.05) is 12.7 Å². The van der Waals surface area contributed by atoms with Gasteiger partial charge < -0.3 is 7.58 Å². The Morgan fingerprint density at radius 1 is 1.75 bits per heavy atom. The summed E-state index contributed by atoms with van der Waals surface area (Å²) in [6, 6.07) is 0. The molecule has 1 fully saturated rings. The molecule has 1 aliphatic heterocycles. The molecule has 0 aromatic heterocycles. The van der Waals surface area contributed by atoms with Gasteiger partial charge in [-0.2, -0.15) is 10.0 Å². The predicted octanol–water partition coefficient (Wildman–Crippen LogP) is 1.04. The van der Waals surface area contributed by atoms with E-state index < -0.39 is 13.9 Å². The maximum absolute atomic E-state index is 5.61. The maximum Gasteiger partial charge on any atom is 0.813 e. The van der Waals surface area contributed by atoms with Gasteiger partial charge in [-0.15, -0.1) is 0 Å². The lowest BCUT2D eigenvalue weighted by atomic mass is 10.3. The van der Waals surface area contributed by atoms with Crippen LogP contribution in [0.3, 0.4) is 0 Å². The lowest BCUT2D eigenvalue weighted by Gasteiger charge is -2.21. The molecule has 1 aliphatic rings. The Labute approximate surface area is 58.0 Å². The first-order valence-electron chi connectivity index (χ1n) is 2.70. The standard InChI is InChI=1S/C4H8O2.Al.ClH/c1-4(6)2-3-5;;/h4H,2-3H2,1H3;;1H/q-2;+3;/p-1. The molecule has 0 N–H and O–H groups in total. The summed E-state index contributed by atoms with van der Waals surface area (Å²) in [4.78, 5) is 0. The summed E-state index contributed by atoms with van der Waals surface area (Å²) in [6.45, 7) is 2.80. The summed E-state index contributed by atoms with van der Waals surface area (Å²) in [6.07, 6.45) is 1.30. The average molecular weight is 151 g/mol. The Bertz CT molecular complexity index is 72.4. The molecule has 0 radical (unpaired) electrons. The molecule has 1 rings (SSSR count). The number of hydrogen-bond donors (Lipinski definition) is 0. The van der Waals surface area contributed by atoms with Crippen LogP contribution >= 0.6 is 10.0 Å². The lowest BCUT2D eigenvalue weighted by molar-refractivity contribution is 0.0906. The highest BCUT2D eigenvalue weighted by Gasteiger charge is 2.29. The summed E-state index contributed by atoms with van der Waals surface area (Å²) in [7, 11) is 5.61. The quantitative estimate of drug-likeness (QED) is 0.481. The number of halogens is 1.